The summed E-state index contributed by atoms with van der Waals surface area (Å²) in [6.45, 7) is 3.52. The van der Waals surface area contributed by atoms with Gasteiger partial charge in [0.1, 0.15) is 11.3 Å². The Morgan fingerprint density at radius 1 is 1.17 bits per heavy atom. The smallest absolute Gasteiger partial charge is 0.366 e. The van der Waals surface area contributed by atoms with Crippen LogP contribution in [0.2, 0.25) is 0 Å². The third kappa shape index (κ3) is 2.64. The van der Waals surface area contributed by atoms with Crippen LogP contribution in [-0.4, -0.2) is 15.5 Å². The number of carbonyl (C=O) groups excluding carboxylic acids is 1. The Balaban J connectivity index is 2.29. The second kappa shape index (κ2) is 5.52. The summed E-state index contributed by atoms with van der Waals surface area (Å²) in [7, 11) is 0. The highest BCUT2D eigenvalue weighted by Gasteiger charge is 2.36. The van der Waals surface area contributed by atoms with Crippen molar-refractivity contribution in [2.24, 2.45) is 5.73 Å². The van der Waals surface area contributed by atoms with Gasteiger partial charge in [-0.1, -0.05) is 24.8 Å². The molecule has 0 saturated carbocycles. The molecule has 2 heterocycles. The van der Waals surface area contributed by atoms with E-state index in [1.165, 1.54) is 12.3 Å². The van der Waals surface area contributed by atoms with E-state index in [9.17, 15) is 18.0 Å². The number of alkyl halides is 3. The number of benzene rings is 1. The number of hydrogen-bond acceptors (Lipinski definition) is 2. The summed E-state index contributed by atoms with van der Waals surface area (Å²) in [5.74, 6) is -0.755. The van der Waals surface area contributed by atoms with Crippen molar-refractivity contribution < 1.29 is 18.0 Å². The molecule has 0 aliphatic rings. The third-order valence-electron chi connectivity index (χ3n) is 3.59. The summed E-state index contributed by atoms with van der Waals surface area (Å²) >= 11 is 0. The van der Waals surface area contributed by atoms with Gasteiger partial charge in [-0.05, 0) is 24.3 Å². The maximum Gasteiger partial charge on any atom is 0.431 e. The van der Waals surface area contributed by atoms with Gasteiger partial charge < -0.3 is 5.73 Å². The van der Waals surface area contributed by atoms with E-state index in [1.807, 2.05) is 0 Å². The Labute approximate surface area is 135 Å². The maximum absolute atomic E-state index is 13.4. The largest absolute Gasteiger partial charge is 0.431 e. The minimum absolute atomic E-state index is 0.00887. The summed E-state index contributed by atoms with van der Waals surface area (Å²) in [6, 6.07) is 10.5. The van der Waals surface area contributed by atoms with Crippen LogP contribution < -0.4 is 5.73 Å². The van der Waals surface area contributed by atoms with Crippen molar-refractivity contribution in [3.05, 3.63) is 66.5 Å². The van der Waals surface area contributed by atoms with E-state index < -0.39 is 17.8 Å². The first kappa shape index (κ1) is 15.8. The molecule has 3 rings (SSSR count). The van der Waals surface area contributed by atoms with Crippen molar-refractivity contribution in [1.82, 2.24) is 9.55 Å². The maximum atomic E-state index is 13.4. The monoisotopic (exact) mass is 331 g/mol. The zero-order valence-electron chi connectivity index (χ0n) is 12.3. The first-order chi connectivity index (χ1) is 11.3. The average Bonchev–Trinajstić information content (AvgIpc) is 2.93. The second-order valence-electron chi connectivity index (χ2n) is 5.18. The van der Waals surface area contributed by atoms with Crippen molar-refractivity contribution in [2.45, 2.75) is 6.18 Å². The molecule has 122 valence electrons. The minimum Gasteiger partial charge on any atom is -0.366 e. The van der Waals surface area contributed by atoms with Gasteiger partial charge in [0.15, 0.2) is 0 Å². The molecule has 0 fully saturated rings. The van der Waals surface area contributed by atoms with E-state index in [1.54, 1.807) is 30.3 Å². The molecule has 0 atom stereocenters. The lowest BCUT2D eigenvalue weighted by molar-refractivity contribution is -0.142. The van der Waals surface area contributed by atoms with Crippen LogP contribution in [0, 0.1) is 0 Å². The van der Waals surface area contributed by atoms with Crippen molar-refractivity contribution in [3.8, 4) is 5.69 Å². The fourth-order valence-electron chi connectivity index (χ4n) is 2.45. The van der Waals surface area contributed by atoms with Crippen LogP contribution in [0.1, 0.15) is 11.3 Å². The van der Waals surface area contributed by atoms with Crippen LogP contribution in [0.15, 0.2) is 55.2 Å². The van der Waals surface area contributed by atoms with Gasteiger partial charge >= 0.3 is 6.18 Å². The van der Waals surface area contributed by atoms with Crippen molar-refractivity contribution in [2.75, 3.05) is 0 Å². The zero-order chi connectivity index (χ0) is 17.5. The quantitative estimate of drug-likeness (QED) is 0.746. The molecule has 0 unspecified atom stereocenters. The van der Waals surface area contributed by atoms with Gasteiger partial charge in [-0.15, -0.1) is 0 Å². The zero-order valence-corrected chi connectivity index (χ0v) is 12.3. The van der Waals surface area contributed by atoms with E-state index in [0.29, 0.717) is 5.69 Å². The van der Waals surface area contributed by atoms with Crippen LogP contribution in [0.3, 0.4) is 0 Å². The molecule has 2 N–H and O–H groups in total. The lowest BCUT2D eigenvalue weighted by Gasteiger charge is -2.12. The fourth-order valence-corrected chi connectivity index (χ4v) is 2.45. The Bertz CT molecular complexity index is 943. The number of pyridine rings is 1. The molecular formula is C17H12F3N3O. The third-order valence-corrected chi connectivity index (χ3v) is 3.59. The van der Waals surface area contributed by atoms with Crippen LogP contribution in [0.4, 0.5) is 13.2 Å². The van der Waals surface area contributed by atoms with Crippen LogP contribution in [0.25, 0.3) is 22.3 Å². The number of primary amides is 1. The highest BCUT2D eigenvalue weighted by molar-refractivity contribution is 6.18. The molecule has 0 radical (unpaired) electrons. The standard InChI is InChI=1S/C17H12F3N3O/c1-10(15(21)24)12-7-11-8-14(17(18,19)20)23(16(11)22-9-12)13-5-3-2-4-6-13/h2-9H,1H2,(H2,21,24). The number of nitrogens with two attached hydrogens (primary N) is 1. The molecule has 1 amide bonds. The molecule has 24 heavy (non-hydrogen) atoms. The number of amides is 1. The lowest BCUT2D eigenvalue weighted by Crippen LogP contribution is -2.13. The Hall–Kier alpha value is -3.09. The minimum atomic E-state index is -4.56. The molecule has 0 spiro atoms. The number of aromatic nitrogens is 2. The van der Waals surface area contributed by atoms with Crippen molar-refractivity contribution in [1.29, 1.82) is 0 Å². The Morgan fingerprint density at radius 3 is 2.42 bits per heavy atom. The number of hydrogen-bond donors (Lipinski definition) is 1. The number of halogens is 3. The topological polar surface area (TPSA) is 60.9 Å². The second-order valence-corrected chi connectivity index (χ2v) is 5.18. The fraction of sp³-hybridized carbons (Fsp3) is 0.0588. The van der Waals surface area contributed by atoms with Crippen LogP contribution in [-0.2, 0) is 11.0 Å². The molecule has 1 aromatic carbocycles. The van der Waals surface area contributed by atoms with Crippen LogP contribution in [0.5, 0.6) is 0 Å². The van der Waals surface area contributed by atoms with Gasteiger partial charge in [-0.2, -0.15) is 13.2 Å². The number of nitrogens with zero attached hydrogens (tertiary/aromatic N) is 2. The average molecular weight is 331 g/mol. The van der Waals surface area contributed by atoms with E-state index in [0.717, 1.165) is 10.6 Å². The van der Waals surface area contributed by atoms with Gasteiger partial charge in [0.05, 0.1) is 0 Å². The molecule has 4 nitrogen and oxygen atoms in total. The molecule has 2 aromatic heterocycles. The van der Waals surface area contributed by atoms with Crippen LogP contribution >= 0.6 is 0 Å². The summed E-state index contributed by atoms with van der Waals surface area (Å²) in [6.07, 6.45) is -3.27. The predicted molar refractivity (Wildman–Crippen MR) is 84.3 cm³/mol. The molecular weight excluding hydrogens is 319 g/mol. The highest BCUT2D eigenvalue weighted by atomic mass is 19.4. The highest BCUT2D eigenvalue weighted by Crippen LogP contribution is 2.36. The number of rotatable bonds is 3. The SMILES string of the molecule is C=C(C(N)=O)c1cnc2c(c1)cc(C(F)(F)F)n2-c1ccccc1. The first-order valence-corrected chi connectivity index (χ1v) is 6.92. The van der Waals surface area contributed by atoms with Gasteiger partial charge in [0, 0.05) is 28.4 Å². The Morgan fingerprint density at radius 2 is 1.83 bits per heavy atom. The summed E-state index contributed by atoms with van der Waals surface area (Å²) in [4.78, 5) is 15.3. The number of carbonyl (C=O) groups is 1. The molecule has 7 heteroatoms. The predicted octanol–water partition coefficient (Wildman–Crippen LogP) is 3.54. The first-order valence-electron chi connectivity index (χ1n) is 6.92. The van der Waals surface area contributed by atoms with Crippen molar-refractivity contribution in [3.63, 3.8) is 0 Å². The molecule has 3 aromatic rings. The van der Waals surface area contributed by atoms with Gasteiger partial charge in [0.25, 0.3) is 0 Å². The normalized spacial score (nSPS) is 11.6. The summed E-state index contributed by atoms with van der Waals surface area (Å²) < 4.78 is 41.3. The number of para-hydroxylation sites is 1. The molecule has 0 saturated heterocycles. The summed E-state index contributed by atoms with van der Waals surface area (Å²) in [5, 5.41) is 0.242. The summed E-state index contributed by atoms with van der Waals surface area (Å²) in [5.41, 5.74) is 5.06. The van der Waals surface area contributed by atoms with Gasteiger partial charge in [-0.3, -0.25) is 9.36 Å². The molecule has 0 aliphatic carbocycles. The van der Waals surface area contributed by atoms with E-state index >= 15 is 0 Å². The van der Waals surface area contributed by atoms with Crippen molar-refractivity contribution >= 4 is 22.5 Å². The Kier molecular flexibility index (Phi) is 3.63. The van der Waals surface area contributed by atoms with E-state index in [4.69, 9.17) is 5.73 Å². The molecule has 0 aliphatic heterocycles. The van der Waals surface area contributed by atoms with E-state index in [2.05, 4.69) is 11.6 Å². The van der Waals surface area contributed by atoms with E-state index in [-0.39, 0.29) is 22.2 Å². The van der Waals surface area contributed by atoms with Gasteiger partial charge in [0.2, 0.25) is 5.91 Å². The van der Waals surface area contributed by atoms with Gasteiger partial charge in [-0.25, -0.2) is 4.98 Å². The lowest BCUT2D eigenvalue weighted by atomic mass is 10.1. The number of fused-ring (bicyclic) bond motifs is 1. The molecule has 0 bridgehead atoms.